The Morgan fingerprint density at radius 3 is 2.79 bits per heavy atom. The van der Waals surface area contributed by atoms with E-state index in [0.29, 0.717) is 16.3 Å². The Balaban J connectivity index is 1.46. The SMILES string of the molecule is Cc1ccc(-c2nc(C)c(C(=O)Nc3cccc(CN4CCOCC4)c3)s2)o1. The molecule has 0 radical (unpaired) electrons. The van der Waals surface area contributed by atoms with Crippen molar-refractivity contribution in [3.05, 3.63) is 58.3 Å². The Bertz CT molecular complexity index is 973. The van der Waals surface area contributed by atoms with Crippen LogP contribution in [0.3, 0.4) is 0 Å². The highest BCUT2D eigenvalue weighted by Gasteiger charge is 2.18. The summed E-state index contributed by atoms with van der Waals surface area (Å²) in [5.74, 6) is 1.37. The molecular weight excluding hydrogens is 374 g/mol. The van der Waals surface area contributed by atoms with Crippen molar-refractivity contribution in [3.8, 4) is 10.8 Å². The molecule has 146 valence electrons. The lowest BCUT2D eigenvalue weighted by Crippen LogP contribution is -2.35. The number of carbonyl (C=O) groups is 1. The number of amides is 1. The van der Waals surface area contributed by atoms with Gasteiger partial charge >= 0.3 is 0 Å². The van der Waals surface area contributed by atoms with Gasteiger partial charge in [-0.25, -0.2) is 4.98 Å². The first-order valence-corrected chi connectivity index (χ1v) is 10.1. The van der Waals surface area contributed by atoms with Crippen molar-refractivity contribution in [1.29, 1.82) is 0 Å². The summed E-state index contributed by atoms with van der Waals surface area (Å²) in [4.78, 5) is 20.2. The molecule has 0 aliphatic carbocycles. The van der Waals surface area contributed by atoms with Crippen molar-refractivity contribution in [2.75, 3.05) is 31.6 Å². The average molecular weight is 398 g/mol. The van der Waals surface area contributed by atoms with Crippen LogP contribution in [0.15, 0.2) is 40.8 Å². The number of aryl methyl sites for hydroxylation is 2. The number of nitrogens with one attached hydrogen (secondary N) is 1. The number of nitrogens with zero attached hydrogens (tertiary/aromatic N) is 2. The first-order chi connectivity index (χ1) is 13.6. The minimum absolute atomic E-state index is 0.145. The van der Waals surface area contributed by atoms with Gasteiger partial charge in [-0.05, 0) is 43.7 Å². The second kappa shape index (κ2) is 8.26. The van der Waals surface area contributed by atoms with Gasteiger partial charge < -0.3 is 14.5 Å². The van der Waals surface area contributed by atoms with Gasteiger partial charge in [-0.15, -0.1) is 11.3 Å². The molecule has 1 amide bonds. The van der Waals surface area contributed by atoms with Crippen LogP contribution in [0.1, 0.15) is 26.7 Å². The zero-order valence-corrected chi connectivity index (χ0v) is 16.8. The summed E-state index contributed by atoms with van der Waals surface area (Å²) < 4.78 is 11.0. The number of morpholine rings is 1. The third-order valence-electron chi connectivity index (χ3n) is 4.65. The van der Waals surface area contributed by atoms with E-state index in [1.807, 2.05) is 44.2 Å². The molecule has 7 heteroatoms. The molecule has 1 N–H and O–H groups in total. The molecule has 1 aliphatic heterocycles. The van der Waals surface area contributed by atoms with E-state index < -0.39 is 0 Å². The van der Waals surface area contributed by atoms with E-state index in [1.54, 1.807) is 0 Å². The van der Waals surface area contributed by atoms with Crippen molar-refractivity contribution in [3.63, 3.8) is 0 Å². The van der Waals surface area contributed by atoms with Crippen LogP contribution in [-0.2, 0) is 11.3 Å². The van der Waals surface area contributed by atoms with Crippen LogP contribution >= 0.6 is 11.3 Å². The summed E-state index contributed by atoms with van der Waals surface area (Å²) in [6.45, 7) is 8.02. The number of rotatable bonds is 5. The number of furan rings is 1. The maximum absolute atomic E-state index is 12.8. The van der Waals surface area contributed by atoms with Crippen LogP contribution < -0.4 is 5.32 Å². The molecule has 6 nitrogen and oxygen atoms in total. The van der Waals surface area contributed by atoms with Crippen molar-refractivity contribution in [1.82, 2.24) is 9.88 Å². The fraction of sp³-hybridized carbons (Fsp3) is 0.333. The largest absolute Gasteiger partial charge is 0.459 e. The van der Waals surface area contributed by atoms with Gasteiger partial charge in [0, 0.05) is 25.3 Å². The van der Waals surface area contributed by atoms with E-state index >= 15 is 0 Å². The molecule has 1 fully saturated rings. The summed E-state index contributed by atoms with van der Waals surface area (Å²) in [6, 6.07) is 11.8. The van der Waals surface area contributed by atoms with Crippen molar-refractivity contribution in [2.45, 2.75) is 20.4 Å². The van der Waals surface area contributed by atoms with Gasteiger partial charge in [0.1, 0.15) is 10.6 Å². The van der Waals surface area contributed by atoms with Crippen molar-refractivity contribution in [2.24, 2.45) is 0 Å². The number of carbonyl (C=O) groups excluding carboxylic acids is 1. The number of thiazole rings is 1. The lowest BCUT2D eigenvalue weighted by atomic mass is 10.1. The monoisotopic (exact) mass is 397 g/mol. The van der Waals surface area contributed by atoms with Gasteiger partial charge in [0.2, 0.25) is 0 Å². The highest BCUT2D eigenvalue weighted by Crippen LogP contribution is 2.30. The number of anilines is 1. The summed E-state index contributed by atoms with van der Waals surface area (Å²) in [5, 5.41) is 3.72. The molecule has 0 saturated carbocycles. The number of hydrogen-bond acceptors (Lipinski definition) is 6. The lowest BCUT2D eigenvalue weighted by Gasteiger charge is -2.26. The first kappa shape index (κ1) is 18.9. The molecule has 3 heterocycles. The normalized spacial score (nSPS) is 14.9. The predicted octanol–water partition coefficient (Wildman–Crippen LogP) is 4.10. The van der Waals surface area contributed by atoms with E-state index in [4.69, 9.17) is 9.15 Å². The van der Waals surface area contributed by atoms with E-state index in [2.05, 4.69) is 21.3 Å². The molecule has 1 aromatic carbocycles. The van der Waals surface area contributed by atoms with Gasteiger partial charge in [0.25, 0.3) is 5.91 Å². The van der Waals surface area contributed by atoms with Crippen LogP contribution in [0.4, 0.5) is 5.69 Å². The molecule has 4 rings (SSSR count). The predicted molar refractivity (Wildman–Crippen MR) is 110 cm³/mol. The number of benzene rings is 1. The first-order valence-electron chi connectivity index (χ1n) is 9.33. The molecule has 1 saturated heterocycles. The van der Waals surface area contributed by atoms with E-state index in [0.717, 1.165) is 49.3 Å². The lowest BCUT2D eigenvalue weighted by molar-refractivity contribution is 0.0342. The number of hydrogen-bond donors (Lipinski definition) is 1. The summed E-state index contributed by atoms with van der Waals surface area (Å²) >= 11 is 1.35. The molecule has 3 aromatic rings. The Morgan fingerprint density at radius 1 is 1.21 bits per heavy atom. The standard InChI is InChI=1S/C21H23N3O3S/c1-14-6-7-18(27-14)21-22-15(2)19(28-21)20(25)23-17-5-3-4-16(12-17)13-24-8-10-26-11-9-24/h3-7,12H,8-11,13H2,1-2H3,(H,23,25). The minimum Gasteiger partial charge on any atom is -0.459 e. The van der Waals surface area contributed by atoms with Crippen molar-refractivity contribution >= 4 is 22.9 Å². The molecule has 28 heavy (non-hydrogen) atoms. The highest BCUT2D eigenvalue weighted by atomic mass is 32.1. The van der Waals surface area contributed by atoms with Crippen LogP contribution in [0.5, 0.6) is 0 Å². The van der Waals surface area contributed by atoms with Gasteiger partial charge in [0.15, 0.2) is 10.8 Å². The molecule has 0 unspecified atom stereocenters. The molecular formula is C21H23N3O3S. The summed E-state index contributed by atoms with van der Waals surface area (Å²) in [5.41, 5.74) is 2.67. The topological polar surface area (TPSA) is 67.6 Å². The van der Waals surface area contributed by atoms with Gasteiger partial charge in [0.05, 0.1) is 18.9 Å². The quantitative estimate of drug-likeness (QED) is 0.702. The summed E-state index contributed by atoms with van der Waals surface area (Å²) in [7, 11) is 0. The third-order valence-corrected chi connectivity index (χ3v) is 5.82. The van der Waals surface area contributed by atoms with Crippen molar-refractivity contribution < 1.29 is 13.9 Å². The molecule has 1 aliphatic rings. The van der Waals surface area contributed by atoms with Gasteiger partial charge in [-0.2, -0.15) is 0 Å². The van der Waals surface area contributed by atoms with Gasteiger partial charge in [-0.1, -0.05) is 12.1 Å². The molecule has 0 atom stereocenters. The Morgan fingerprint density at radius 2 is 2.04 bits per heavy atom. The minimum atomic E-state index is -0.145. The maximum atomic E-state index is 12.8. The van der Waals surface area contributed by atoms with Crippen LogP contribution in [0, 0.1) is 13.8 Å². The summed E-state index contributed by atoms with van der Waals surface area (Å²) in [6.07, 6.45) is 0. The fourth-order valence-corrected chi connectivity index (χ4v) is 4.14. The van der Waals surface area contributed by atoms with E-state index in [1.165, 1.54) is 16.9 Å². The maximum Gasteiger partial charge on any atom is 0.267 e. The smallest absolute Gasteiger partial charge is 0.267 e. The molecule has 0 bridgehead atoms. The average Bonchev–Trinajstić information content (AvgIpc) is 3.28. The Labute approximate surface area is 168 Å². The van der Waals surface area contributed by atoms with E-state index in [9.17, 15) is 4.79 Å². The fourth-order valence-electron chi connectivity index (χ4n) is 3.21. The molecule has 0 spiro atoms. The van der Waals surface area contributed by atoms with Crippen LogP contribution in [0.25, 0.3) is 10.8 Å². The zero-order valence-electron chi connectivity index (χ0n) is 16.0. The second-order valence-electron chi connectivity index (χ2n) is 6.89. The highest BCUT2D eigenvalue weighted by molar-refractivity contribution is 7.17. The van der Waals surface area contributed by atoms with E-state index in [-0.39, 0.29) is 5.91 Å². The zero-order chi connectivity index (χ0) is 19.5. The molecule has 2 aromatic heterocycles. The van der Waals surface area contributed by atoms with Crippen LogP contribution in [0.2, 0.25) is 0 Å². The number of aromatic nitrogens is 1. The Hall–Kier alpha value is -2.48. The van der Waals surface area contributed by atoms with Crippen LogP contribution in [-0.4, -0.2) is 42.1 Å². The van der Waals surface area contributed by atoms with Gasteiger partial charge in [-0.3, -0.25) is 9.69 Å². The third kappa shape index (κ3) is 4.32. The Kier molecular flexibility index (Phi) is 5.57. The second-order valence-corrected chi connectivity index (χ2v) is 7.89. The number of ether oxygens (including phenoxy) is 1.